The highest BCUT2D eigenvalue weighted by molar-refractivity contribution is 6.31. The van der Waals surface area contributed by atoms with Crippen LogP contribution in [0.25, 0.3) is 10.8 Å². The molecule has 2 aromatic rings. The van der Waals surface area contributed by atoms with Crippen LogP contribution in [0, 0.1) is 5.92 Å². The summed E-state index contributed by atoms with van der Waals surface area (Å²) in [5, 5.41) is 14.0. The Bertz CT molecular complexity index is 699. The largest absolute Gasteiger partial charge is 0.465 e. The zero-order valence-corrected chi connectivity index (χ0v) is 13.6. The van der Waals surface area contributed by atoms with E-state index in [0.717, 1.165) is 54.0 Å². The number of nitrogens with zero attached hydrogens (tertiary/aromatic N) is 2. The Morgan fingerprint density at radius 2 is 2.09 bits per heavy atom. The van der Waals surface area contributed by atoms with Crippen molar-refractivity contribution in [3.63, 3.8) is 0 Å². The monoisotopic (exact) mass is 333 g/mol. The van der Waals surface area contributed by atoms with Crippen LogP contribution < -0.4 is 10.2 Å². The van der Waals surface area contributed by atoms with Gasteiger partial charge in [-0.2, -0.15) is 0 Å². The average molecular weight is 334 g/mol. The summed E-state index contributed by atoms with van der Waals surface area (Å²) in [6, 6.07) is 7.91. The number of benzene rings is 1. The van der Waals surface area contributed by atoms with Gasteiger partial charge in [-0.1, -0.05) is 17.7 Å². The molecule has 0 bridgehead atoms. The van der Waals surface area contributed by atoms with Gasteiger partial charge < -0.3 is 15.3 Å². The van der Waals surface area contributed by atoms with Crippen LogP contribution in [0.5, 0.6) is 0 Å². The number of rotatable bonds is 4. The number of anilines is 1. The number of pyridine rings is 1. The maximum Gasteiger partial charge on any atom is 0.404 e. The molecule has 23 heavy (non-hydrogen) atoms. The zero-order chi connectivity index (χ0) is 16.2. The first-order chi connectivity index (χ1) is 11.1. The number of hydrogen-bond acceptors (Lipinski definition) is 3. The number of amides is 1. The number of nitrogens with one attached hydrogen (secondary N) is 1. The topological polar surface area (TPSA) is 65.5 Å². The highest BCUT2D eigenvalue weighted by atomic mass is 35.5. The van der Waals surface area contributed by atoms with E-state index in [-0.39, 0.29) is 0 Å². The van der Waals surface area contributed by atoms with Gasteiger partial charge in [0.15, 0.2) is 0 Å². The smallest absolute Gasteiger partial charge is 0.404 e. The number of fused-ring (bicyclic) bond motifs is 1. The predicted molar refractivity (Wildman–Crippen MR) is 92.3 cm³/mol. The maximum absolute atomic E-state index is 10.5. The number of carboxylic acid groups (broad SMARTS) is 1. The van der Waals surface area contributed by atoms with Gasteiger partial charge in [0.1, 0.15) is 5.82 Å². The Kier molecular flexibility index (Phi) is 4.86. The SMILES string of the molecule is O=C(O)NCCC1CCN(c2cc3cc(Cl)ccc3cn2)CC1. The molecule has 0 spiro atoms. The highest BCUT2D eigenvalue weighted by Crippen LogP contribution is 2.27. The minimum Gasteiger partial charge on any atom is -0.465 e. The Balaban J connectivity index is 1.60. The van der Waals surface area contributed by atoms with Crippen LogP contribution in [0.2, 0.25) is 5.02 Å². The van der Waals surface area contributed by atoms with E-state index < -0.39 is 6.09 Å². The summed E-state index contributed by atoms with van der Waals surface area (Å²) in [6.45, 7) is 2.44. The highest BCUT2D eigenvalue weighted by Gasteiger charge is 2.20. The summed E-state index contributed by atoms with van der Waals surface area (Å²) in [5.74, 6) is 1.56. The fourth-order valence-corrected chi connectivity index (χ4v) is 3.29. The third kappa shape index (κ3) is 4.05. The van der Waals surface area contributed by atoms with Gasteiger partial charge in [-0.25, -0.2) is 9.78 Å². The van der Waals surface area contributed by atoms with Crippen molar-refractivity contribution in [3.05, 3.63) is 35.5 Å². The average Bonchev–Trinajstić information content (AvgIpc) is 2.54. The van der Waals surface area contributed by atoms with Gasteiger partial charge in [0.2, 0.25) is 0 Å². The summed E-state index contributed by atoms with van der Waals surface area (Å²) >= 11 is 6.06. The first kappa shape index (κ1) is 15.9. The molecule has 0 atom stereocenters. The van der Waals surface area contributed by atoms with Gasteiger partial charge in [-0.15, -0.1) is 0 Å². The first-order valence-corrected chi connectivity index (χ1v) is 8.26. The van der Waals surface area contributed by atoms with E-state index in [1.165, 1.54) is 0 Å². The van der Waals surface area contributed by atoms with E-state index in [0.29, 0.717) is 12.5 Å². The Labute approximate surface area is 140 Å². The van der Waals surface area contributed by atoms with Crippen LogP contribution in [0.1, 0.15) is 19.3 Å². The third-order valence-electron chi connectivity index (χ3n) is 4.44. The Hall–Kier alpha value is -2.01. The minimum absolute atomic E-state index is 0.534. The van der Waals surface area contributed by atoms with Crippen LogP contribution in [0.15, 0.2) is 30.5 Å². The lowest BCUT2D eigenvalue weighted by molar-refractivity contribution is 0.193. The van der Waals surface area contributed by atoms with Crippen molar-refractivity contribution in [2.24, 2.45) is 5.92 Å². The molecule has 1 amide bonds. The number of piperidine rings is 1. The van der Waals surface area contributed by atoms with Crippen molar-refractivity contribution in [1.82, 2.24) is 10.3 Å². The lowest BCUT2D eigenvalue weighted by atomic mass is 9.93. The van der Waals surface area contributed by atoms with E-state index >= 15 is 0 Å². The van der Waals surface area contributed by atoms with Crippen molar-refractivity contribution in [1.29, 1.82) is 0 Å². The quantitative estimate of drug-likeness (QED) is 0.894. The molecule has 0 aliphatic carbocycles. The van der Waals surface area contributed by atoms with E-state index in [1.54, 1.807) is 0 Å². The number of halogens is 1. The molecule has 1 aromatic carbocycles. The Morgan fingerprint density at radius 3 is 2.83 bits per heavy atom. The molecule has 1 saturated heterocycles. The van der Waals surface area contributed by atoms with Crippen LogP contribution >= 0.6 is 11.6 Å². The van der Waals surface area contributed by atoms with Crippen molar-refractivity contribution in [2.45, 2.75) is 19.3 Å². The van der Waals surface area contributed by atoms with Gasteiger partial charge in [0, 0.05) is 36.2 Å². The molecule has 0 unspecified atom stereocenters. The molecule has 1 aliphatic rings. The van der Waals surface area contributed by atoms with Gasteiger partial charge >= 0.3 is 6.09 Å². The molecule has 2 heterocycles. The second-order valence-electron chi connectivity index (χ2n) is 5.99. The molecule has 122 valence electrons. The van der Waals surface area contributed by atoms with E-state index in [4.69, 9.17) is 16.7 Å². The van der Waals surface area contributed by atoms with Gasteiger partial charge in [0.05, 0.1) is 0 Å². The lowest BCUT2D eigenvalue weighted by Crippen LogP contribution is -2.35. The van der Waals surface area contributed by atoms with Crippen molar-refractivity contribution in [2.75, 3.05) is 24.5 Å². The van der Waals surface area contributed by atoms with Crippen LogP contribution in [0.4, 0.5) is 10.6 Å². The minimum atomic E-state index is -0.943. The Morgan fingerprint density at radius 1 is 1.30 bits per heavy atom. The summed E-state index contributed by atoms with van der Waals surface area (Å²) < 4.78 is 0. The van der Waals surface area contributed by atoms with Gasteiger partial charge in [-0.3, -0.25) is 0 Å². The molecule has 1 aliphatic heterocycles. The summed E-state index contributed by atoms with van der Waals surface area (Å²) in [5.41, 5.74) is 0. The second-order valence-corrected chi connectivity index (χ2v) is 6.42. The maximum atomic E-state index is 10.5. The van der Waals surface area contributed by atoms with E-state index in [2.05, 4.69) is 21.3 Å². The number of aromatic nitrogens is 1. The number of carbonyl (C=O) groups is 1. The molecule has 0 radical (unpaired) electrons. The molecular weight excluding hydrogens is 314 g/mol. The molecule has 6 heteroatoms. The van der Waals surface area contributed by atoms with Gasteiger partial charge in [-0.05, 0) is 48.8 Å². The predicted octanol–water partition coefficient (Wildman–Crippen LogP) is 3.76. The van der Waals surface area contributed by atoms with Crippen molar-refractivity contribution < 1.29 is 9.90 Å². The molecule has 1 aromatic heterocycles. The molecule has 5 nitrogen and oxygen atoms in total. The third-order valence-corrected chi connectivity index (χ3v) is 4.67. The zero-order valence-electron chi connectivity index (χ0n) is 12.8. The van der Waals surface area contributed by atoms with Crippen molar-refractivity contribution >= 4 is 34.3 Å². The summed E-state index contributed by atoms with van der Waals surface area (Å²) in [7, 11) is 0. The second kappa shape index (κ2) is 7.04. The number of hydrogen-bond donors (Lipinski definition) is 2. The molecule has 1 fully saturated rings. The molecule has 3 rings (SSSR count). The summed E-state index contributed by atoms with van der Waals surface area (Å²) in [6.07, 6.45) is 3.99. The molecule has 0 saturated carbocycles. The standard InChI is InChI=1S/C17H20ClN3O2/c18-15-2-1-13-11-20-16(10-14(13)9-15)21-7-4-12(5-8-21)3-6-19-17(22)23/h1-2,9-12,19H,3-8H2,(H,22,23). The molecular formula is C17H20ClN3O2. The fraction of sp³-hybridized carbons (Fsp3) is 0.412. The van der Waals surface area contributed by atoms with Crippen LogP contribution in [-0.2, 0) is 0 Å². The first-order valence-electron chi connectivity index (χ1n) is 7.89. The van der Waals surface area contributed by atoms with E-state index in [1.807, 2.05) is 24.4 Å². The van der Waals surface area contributed by atoms with Crippen LogP contribution in [-0.4, -0.2) is 35.8 Å². The lowest BCUT2D eigenvalue weighted by Gasteiger charge is -2.33. The van der Waals surface area contributed by atoms with Gasteiger partial charge in [0.25, 0.3) is 0 Å². The van der Waals surface area contributed by atoms with E-state index in [9.17, 15) is 4.79 Å². The fourth-order valence-electron chi connectivity index (χ4n) is 3.11. The summed E-state index contributed by atoms with van der Waals surface area (Å²) in [4.78, 5) is 17.3. The normalized spacial score (nSPS) is 15.8. The van der Waals surface area contributed by atoms with Crippen LogP contribution in [0.3, 0.4) is 0 Å². The molecule has 2 N–H and O–H groups in total. The van der Waals surface area contributed by atoms with Crippen molar-refractivity contribution in [3.8, 4) is 0 Å².